The van der Waals surface area contributed by atoms with Crippen molar-refractivity contribution >= 4 is 0 Å². The highest BCUT2D eigenvalue weighted by atomic mass is 16.5. The van der Waals surface area contributed by atoms with Crippen LogP contribution in [-0.4, -0.2) is 79.6 Å². The lowest BCUT2D eigenvalue weighted by molar-refractivity contribution is 0.00147. The van der Waals surface area contributed by atoms with E-state index in [9.17, 15) is 5.11 Å². The summed E-state index contributed by atoms with van der Waals surface area (Å²) in [6, 6.07) is 6.33. The first-order chi connectivity index (χ1) is 12.1. The van der Waals surface area contributed by atoms with Crippen LogP contribution in [0.3, 0.4) is 0 Å². The zero-order valence-corrected chi connectivity index (χ0v) is 15.6. The van der Waals surface area contributed by atoms with Crippen LogP contribution in [0.15, 0.2) is 18.2 Å². The van der Waals surface area contributed by atoms with Gasteiger partial charge in [0.15, 0.2) is 0 Å². The summed E-state index contributed by atoms with van der Waals surface area (Å²) >= 11 is 0. The van der Waals surface area contributed by atoms with Gasteiger partial charge >= 0.3 is 0 Å². The van der Waals surface area contributed by atoms with Crippen molar-refractivity contribution < 1.29 is 14.6 Å². The van der Waals surface area contributed by atoms with Gasteiger partial charge in [-0.1, -0.05) is 6.07 Å². The number of hydrogen-bond acceptors (Lipinski definition) is 5. The molecular weight excluding hydrogens is 316 g/mol. The molecule has 2 fully saturated rings. The Balaban J connectivity index is 1.38. The minimum absolute atomic E-state index is 0.282. The maximum absolute atomic E-state index is 10.4. The second-order valence-corrected chi connectivity index (χ2v) is 7.43. The van der Waals surface area contributed by atoms with Gasteiger partial charge in [-0.15, -0.1) is 0 Å². The SMILES string of the molecule is Cc1ccc(OC2CCN(CC(O)CN3CCOCC3)CC2)cc1C. The lowest BCUT2D eigenvalue weighted by Gasteiger charge is -2.35. The van der Waals surface area contributed by atoms with Crippen LogP contribution in [0.25, 0.3) is 0 Å². The van der Waals surface area contributed by atoms with Crippen molar-refractivity contribution in [1.29, 1.82) is 0 Å². The minimum atomic E-state index is -0.282. The van der Waals surface area contributed by atoms with Gasteiger partial charge in [-0.3, -0.25) is 4.90 Å². The average Bonchev–Trinajstić information content (AvgIpc) is 2.61. The first kappa shape index (κ1) is 18.6. The van der Waals surface area contributed by atoms with Crippen molar-refractivity contribution in [2.45, 2.75) is 38.9 Å². The summed E-state index contributed by atoms with van der Waals surface area (Å²) in [5, 5.41) is 10.4. The van der Waals surface area contributed by atoms with E-state index < -0.39 is 0 Å². The lowest BCUT2D eigenvalue weighted by Crippen LogP contribution is -2.47. The van der Waals surface area contributed by atoms with Crippen LogP contribution in [-0.2, 0) is 4.74 Å². The number of piperidine rings is 1. The third-order valence-corrected chi connectivity index (χ3v) is 5.36. The van der Waals surface area contributed by atoms with Crippen LogP contribution < -0.4 is 4.74 Å². The Kier molecular flexibility index (Phi) is 6.70. The molecule has 1 atom stereocenters. The molecule has 0 spiro atoms. The Morgan fingerprint density at radius 1 is 1.04 bits per heavy atom. The number of rotatable bonds is 6. The fourth-order valence-corrected chi connectivity index (χ4v) is 3.63. The van der Waals surface area contributed by atoms with Crippen LogP contribution in [0.5, 0.6) is 5.75 Å². The number of likely N-dealkylation sites (tertiary alicyclic amines) is 1. The lowest BCUT2D eigenvalue weighted by atomic mass is 10.1. The molecule has 2 aliphatic heterocycles. The Morgan fingerprint density at radius 3 is 2.32 bits per heavy atom. The standard InChI is InChI=1S/C20H32N2O3/c1-16-3-4-20(13-17(16)2)25-19-5-7-21(8-6-19)14-18(23)15-22-9-11-24-12-10-22/h3-4,13,18-19,23H,5-12,14-15H2,1-2H3. The molecule has 1 aromatic carbocycles. The van der Waals surface area contributed by atoms with Gasteiger partial charge in [0.1, 0.15) is 11.9 Å². The van der Waals surface area contributed by atoms with Gasteiger partial charge in [-0.2, -0.15) is 0 Å². The molecule has 5 heteroatoms. The summed E-state index contributed by atoms with van der Waals surface area (Å²) in [6.07, 6.45) is 2.05. The molecule has 1 N–H and O–H groups in total. The van der Waals surface area contributed by atoms with E-state index in [0.29, 0.717) is 0 Å². The van der Waals surface area contributed by atoms with Gasteiger partial charge in [0, 0.05) is 39.3 Å². The van der Waals surface area contributed by atoms with E-state index in [4.69, 9.17) is 9.47 Å². The normalized spacial score (nSPS) is 22.0. The predicted octanol–water partition coefficient (Wildman–Crippen LogP) is 1.84. The number of hydrogen-bond donors (Lipinski definition) is 1. The predicted molar refractivity (Wildman–Crippen MR) is 99.3 cm³/mol. The van der Waals surface area contributed by atoms with Gasteiger partial charge in [0.05, 0.1) is 19.3 Å². The van der Waals surface area contributed by atoms with Crippen LogP contribution in [0.2, 0.25) is 0 Å². The summed E-state index contributed by atoms with van der Waals surface area (Å²) in [6.45, 7) is 11.2. The molecule has 2 heterocycles. The van der Waals surface area contributed by atoms with Crippen molar-refractivity contribution in [3.05, 3.63) is 29.3 Å². The number of β-amino-alcohol motifs (C(OH)–C–C–N with tert-alkyl or cyclic N) is 1. The number of ether oxygens (including phenoxy) is 2. The number of benzene rings is 1. The molecule has 0 saturated carbocycles. The van der Waals surface area contributed by atoms with Crippen molar-refractivity contribution in [2.75, 3.05) is 52.5 Å². The summed E-state index contributed by atoms with van der Waals surface area (Å²) in [5.74, 6) is 0.980. The zero-order chi connectivity index (χ0) is 17.6. The smallest absolute Gasteiger partial charge is 0.120 e. The highest BCUT2D eigenvalue weighted by Crippen LogP contribution is 2.21. The molecule has 5 nitrogen and oxygen atoms in total. The average molecular weight is 348 g/mol. The maximum atomic E-state index is 10.4. The summed E-state index contributed by atoms with van der Waals surface area (Å²) in [4.78, 5) is 4.66. The van der Waals surface area contributed by atoms with Crippen molar-refractivity contribution in [1.82, 2.24) is 9.80 Å². The number of nitrogens with zero attached hydrogens (tertiary/aromatic N) is 2. The molecule has 0 radical (unpaired) electrons. The Bertz CT molecular complexity index is 538. The summed E-state index contributed by atoms with van der Waals surface area (Å²) in [5.41, 5.74) is 2.58. The van der Waals surface area contributed by atoms with Crippen molar-refractivity contribution in [3.8, 4) is 5.75 Å². The first-order valence-electron chi connectivity index (χ1n) is 9.54. The van der Waals surface area contributed by atoms with Crippen LogP contribution in [0, 0.1) is 13.8 Å². The molecule has 2 aliphatic rings. The monoisotopic (exact) mass is 348 g/mol. The number of morpholine rings is 1. The van der Waals surface area contributed by atoms with E-state index in [2.05, 4.69) is 41.8 Å². The van der Waals surface area contributed by atoms with Crippen molar-refractivity contribution in [2.24, 2.45) is 0 Å². The maximum Gasteiger partial charge on any atom is 0.120 e. The largest absolute Gasteiger partial charge is 0.490 e. The highest BCUT2D eigenvalue weighted by molar-refractivity contribution is 5.33. The quantitative estimate of drug-likeness (QED) is 0.850. The Hall–Kier alpha value is -1.14. The fraction of sp³-hybridized carbons (Fsp3) is 0.700. The molecule has 0 aliphatic carbocycles. The van der Waals surface area contributed by atoms with E-state index in [1.807, 2.05) is 0 Å². The number of aryl methyl sites for hydroxylation is 2. The molecule has 140 valence electrons. The second kappa shape index (κ2) is 8.99. The van der Waals surface area contributed by atoms with E-state index in [0.717, 1.165) is 71.1 Å². The van der Waals surface area contributed by atoms with Crippen LogP contribution >= 0.6 is 0 Å². The topological polar surface area (TPSA) is 45.2 Å². The van der Waals surface area contributed by atoms with E-state index in [1.54, 1.807) is 0 Å². The van der Waals surface area contributed by atoms with Gasteiger partial charge in [-0.25, -0.2) is 0 Å². The molecule has 0 amide bonds. The molecular formula is C20H32N2O3. The molecule has 0 aromatic heterocycles. The third-order valence-electron chi connectivity index (χ3n) is 5.36. The molecule has 25 heavy (non-hydrogen) atoms. The van der Waals surface area contributed by atoms with Crippen LogP contribution in [0.1, 0.15) is 24.0 Å². The van der Waals surface area contributed by atoms with Gasteiger partial charge in [0.25, 0.3) is 0 Å². The minimum Gasteiger partial charge on any atom is -0.490 e. The second-order valence-electron chi connectivity index (χ2n) is 7.43. The van der Waals surface area contributed by atoms with E-state index >= 15 is 0 Å². The number of aliphatic hydroxyl groups excluding tert-OH is 1. The van der Waals surface area contributed by atoms with Crippen LogP contribution in [0.4, 0.5) is 0 Å². The Morgan fingerprint density at radius 2 is 1.68 bits per heavy atom. The van der Waals surface area contributed by atoms with Crippen molar-refractivity contribution in [3.63, 3.8) is 0 Å². The summed E-state index contributed by atoms with van der Waals surface area (Å²) in [7, 11) is 0. The molecule has 1 aromatic rings. The van der Waals surface area contributed by atoms with Gasteiger partial charge < -0.3 is 19.5 Å². The van der Waals surface area contributed by atoms with E-state index in [-0.39, 0.29) is 12.2 Å². The van der Waals surface area contributed by atoms with E-state index in [1.165, 1.54) is 11.1 Å². The third kappa shape index (κ3) is 5.68. The molecule has 1 unspecified atom stereocenters. The molecule has 2 saturated heterocycles. The summed E-state index contributed by atoms with van der Waals surface area (Å²) < 4.78 is 11.5. The molecule has 3 rings (SSSR count). The number of aliphatic hydroxyl groups is 1. The first-order valence-corrected chi connectivity index (χ1v) is 9.54. The van der Waals surface area contributed by atoms with Gasteiger partial charge in [0.2, 0.25) is 0 Å². The zero-order valence-electron chi connectivity index (χ0n) is 15.6. The fourth-order valence-electron chi connectivity index (χ4n) is 3.63. The Labute approximate surface area is 151 Å². The molecule has 0 bridgehead atoms. The van der Waals surface area contributed by atoms with Gasteiger partial charge in [-0.05, 0) is 49.9 Å². The highest BCUT2D eigenvalue weighted by Gasteiger charge is 2.23.